The summed E-state index contributed by atoms with van der Waals surface area (Å²) in [5, 5.41) is 12.3. The van der Waals surface area contributed by atoms with Crippen molar-refractivity contribution in [3.63, 3.8) is 0 Å². The van der Waals surface area contributed by atoms with Crippen LogP contribution in [-0.4, -0.2) is 31.7 Å². The van der Waals surface area contributed by atoms with Gasteiger partial charge in [-0.2, -0.15) is 0 Å². The molecule has 0 aliphatic heterocycles. The summed E-state index contributed by atoms with van der Waals surface area (Å²) in [4.78, 5) is 24.1. The van der Waals surface area contributed by atoms with E-state index in [0.717, 1.165) is 11.8 Å². The summed E-state index contributed by atoms with van der Waals surface area (Å²) in [6, 6.07) is 12.2. The number of hydrogen-bond donors (Lipinski definition) is 3. The third kappa shape index (κ3) is 6.32. The predicted molar refractivity (Wildman–Crippen MR) is 117 cm³/mol. The number of rotatable bonds is 7. The van der Waals surface area contributed by atoms with Gasteiger partial charge in [0.1, 0.15) is 0 Å². The Morgan fingerprint density at radius 2 is 1.67 bits per heavy atom. The fraction of sp³-hybridized carbons (Fsp3) is 0.364. The molecule has 0 aromatic heterocycles. The van der Waals surface area contributed by atoms with Crippen LogP contribution in [0.3, 0.4) is 0 Å². The molecule has 0 aliphatic carbocycles. The SMILES string of the molecule is CC(C(=O)NCc1ccc(C(C)(C)C)cc1)c1ccc(NS(C)(=O)=O)c(C(=O)O)c1. The Kier molecular flexibility index (Phi) is 6.92. The standard InChI is InChI=1S/C22H28N2O5S/c1-14(16-8-11-19(24-30(5,28)29)18(12-16)21(26)27)20(25)23-13-15-6-9-17(10-7-15)22(2,3)4/h6-12,14,24H,13H2,1-5H3,(H,23,25)(H,26,27). The van der Waals surface area contributed by atoms with E-state index in [4.69, 9.17) is 0 Å². The minimum atomic E-state index is -3.63. The summed E-state index contributed by atoms with van der Waals surface area (Å²) >= 11 is 0. The van der Waals surface area contributed by atoms with Gasteiger partial charge in [-0.1, -0.05) is 51.1 Å². The monoisotopic (exact) mass is 432 g/mol. The summed E-state index contributed by atoms with van der Waals surface area (Å²) in [5.74, 6) is -2.14. The summed E-state index contributed by atoms with van der Waals surface area (Å²) in [7, 11) is -3.63. The molecule has 0 heterocycles. The molecule has 8 heteroatoms. The van der Waals surface area contributed by atoms with Crippen LogP contribution in [0.15, 0.2) is 42.5 Å². The summed E-state index contributed by atoms with van der Waals surface area (Å²) in [5.41, 5.74) is 2.44. The number of aromatic carboxylic acids is 1. The van der Waals surface area contributed by atoms with E-state index < -0.39 is 21.9 Å². The molecule has 30 heavy (non-hydrogen) atoms. The lowest BCUT2D eigenvalue weighted by Gasteiger charge is -2.19. The largest absolute Gasteiger partial charge is 0.478 e. The summed E-state index contributed by atoms with van der Waals surface area (Å²) in [6.45, 7) is 8.42. The van der Waals surface area contributed by atoms with Gasteiger partial charge in [0.05, 0.1) is 23.4 Å². The van der Waals surface area contributed by atoms with Gasteiger partial charge in [-0.3, -0.25) is 9.52 Å². The zero-order chi connectivity index (χ0) is 22.7. The van der Waals surface area contributed by atoms with E-state index in [9.17, 15) is 23.1 Å². The Bertz CT molecular complexity index is 1040. The molecule has 1 unspecified atom stereocenters. The number of sulfonamides is 1. The minimum Gasteiger partial charge on any atom is -0.478 e. The van der Waals surface area contributed by atoms with Crippen LogP contribution in [0.5, 0.6) is 0 Å². The van der Waals surface area contributed by atoms with Crippen molar-refractivity contribution in [1.82, 2.24) is 5.32 Å². The van der Waals surface area contributed by atoms with Crippen molar-refractivity contribution in [1.29, 1.82) is 0 Å². The van der Waals surface area contributed by atoms with Crippen molar-refractivity contribution in [2.24, 2.45) is 0 Å². The molecule has 0 saturated heterocycles. The van der Waals surface area contributed by atoms with Crippen LogP contribution < -0.4 is 10.0 Å². The summed E-state index contributed by atoms with van der Waals surface area (Å²) < 4.78 is 25.0. The van der Waals surface area contributed by atoms with E-state index in [2.05, 4.69) is 30.8 Å². The molecule has 1 atom stereocenters. The third-order valence-electron chi connectivity index (χ3n) is 4.75. The van der Waals surface area contributed by atoms with Crippen LogP contribution >= 0.6 is 0 Å². The van der Waals surface area contributed by atoms with Crippen LogP contribution in [0, 0.1) is 0 Å². The number of carboxylic acid groups (broad SMARTS) is 1. The number of carboxylic acids is 1. The topological polar surface area (TPSA) is 113 Å². The molecular weight excluding hydrogens is 404 g/mol. The second-order valence-electron chi connectivity index (χ2n) is 8.37. The van der Waals surface area contributed by atoms with Gasteiger partial charge in [-0.05, 0) is 41.2 Å². The summed E-state index contributed by atoms with van der Waals surface area (Å²) in [6.07, 6.45) is 0.941. The maximum absolute atomic E-state index is 12.6. The molecule has 0 fully saturated rings. The van der Waals surface area contributed by atoms with E-state index in [1.807, 2.05) is 24.3 Å². The lowest BCUT2D eigenvalue weighted by molar-refractivity contribution is -0.122. The molecule has 3 N–H and O–H groups in total. The Morgan fingerprint density at radius 1 is 1.07 bits per heavy atom. The number of anilines is 1. The molecular formula is C22H28N2O5S. The van der Waals surface area contributed by atoms with Gasteiger partial charge in [0, 0.05) is 6.54 Å². The maximum atomic E-state index is 12.6. The van der Waals surface area contributed by atoms with E-state index in [1.165, 1.54) is 17.7 Å². The molecule has 7 nitrogen and oxygen atoms in total. The molecule has 2 aromatic carbocycles. The van der Waals surface area contributed by atoms with Crippen LogP contribution in [0.1, 0.15) is 60.7 Å². The Hall–Kier alpha value is -2.87. The quantitative estimate of drug-likeness (QED) is 0.620. The zero-order valence-corrected chi connectivity index (χ0v) is 18.6. The second-order valence-corrected chi connectivity index (χ2v) is 10.1. The van der Waals surface area contributed by atoms with E-state index in [1.54, 1.807) is 13.0 Å². The molecule has 0 spiro atoms. The normalized spacial score (nSPS) is 12.8. The molecule has 2 aromatic rings. The van der Waals surface area contributed by atoms with E-state index in [0.29, 0.717) is 12.1 Å². The highest BCUT2D eigenvalue weighted by Crippen LogP contribution is 2.25. The lowest BCUT2D eigenvalue weighted by atomic mass is 9.87. The first-order valence-corrected chi connectivity index (χ1v) is 11.4. The highest BCUT2D eigenvalue weighted by Gasteiger charge is 2.20. The highest BCUT2D eigenvalue weighted by atomic mass is 32.2. The number of carbonyl (C=O) groups is 2. The van der Waals surface area contributed by atoms with Gasteiger partial charge in [0.25, 0.3) is 0 Å². The Labute approximate surface area is 177 Å². The average molecular weight is 433 g/mol. The predicted octanol–water partition coefficient (Wildman–Crippen LogP) is 3.47. The van der Waals surface area contributed by atoms with Crippen molar-refractivity contribution >= 4 is 27.6 Å². The fourth-order valence-electron chi connectivity index (χ4n) is 2.91. The average Bonchev–Trinajstić information content (AvgIpc) is 2.64. The number of nitrogens with one attached hydrogen (secondary N) is 2. The van der Waals surface area contributed by atoms with Crippen molar-refractivity contribution in [3.8, 4) is 0 Å². The first-order chi connectivity index (χ1) is 13.8. The third-order valence-corrected chi connectivity index (χ3v) is 5.34. The van der Waals surface area contributed by atoms with Crippen molar-refractivity contribution in [2.75, 3.05) is 11.0 Å². The van der Waals surface area contributed by atoms with Gasteiger partial charge in [-0.25, -0.2) is 13.2 Å². The van der Waals surface area contributed by atoms with Gasteiger partial charge < -0.3 is 10.4 Å². The van der Waals surface area contributed by atoms with Gasteiger partial charge >= 0.3 is 5.97 Å². The zero-order valence-electron chi connectivity index (χ0n) is 17.8. The minimum absolute atomic E-state index is 0.0414. The molecule has 162 valence electrons. The van der Waals surface area contributed by atoms with Crippen LogP contribution in [0.2, 0.25) is 0 Å². The van der Waals surface area contributed by atoms with Crippen molar-refractivity contribution < 1.29 is 23.1 Å². The molecule has 0 bridgehead atoms. The van der Waals surface area contributed by atoms with Crippen molar-refractivity contribution in [2.45, 2.75) is 45.6 Å². The number of carbonyl (C=O) groups excluding carboxylic acids is 1. The molecule has 1 amide bonds. The van der Waals surface area contributed by atoms with Crippen LogP contribution in [0.4, 0.5) is 5.69 Å². The van der Waals surface area contributed by atoms with Gasteiger partial charge in [0.15, 0.2) is 0 Å². The van der Waals surface area contributed by atoms with Gasteiger partial charge in [-0.15, -0.1) is 0 Å². The number of hydrogen-bond acceptors (Lipinski definition) is 4. The van der Waals surface area contributed by atoms with Crippen molar-refractivity contribution in [3.05, 3.63) is 64.7 Å². The first-order valence-electron chi connectivity index (χ1n) is 9.50. The van der Waals surface area contributed by atoms with Crippen LogP contribution in [0.25, 0.3) is 0 Å². The van der Waals surface area contributed by atoms with Crippen LogP contribution in [-0.2, 0) is 26.8 Å². The molecule has 0 saturated carbocycles. The van der Waals surface area contributed by atoms with E-state index >= 15 is 0 Å². The lowest BCUT2D eigenvalue weighted by Crippen LogP contribution is -2.27. The molecule has 0 aliphatic rings. The molecule has 2 rings (SSSR count). The number of amides is 1. The fourth-order valence-corrected chi connectivity index (χ4v) is 3.49. The second kappa shape index (κ2) is 8.87. The molecule has 0 radical (unpaired) electrons. The van der Waals surface area contributed by atoms with E-state index in [-0.39, 0.29) is 22.6 Å². The Morgan fingerprint density at radius 3 is 2.17 bits per heavy atom. The number of benzene rings is 2. The smallest absolute Gasteiger partial charge is 0.337 e. The first kappa shape index (κ1) is 23.4. The maximum Gasteiger partial charge on any atom is 0.337 e. The Balaban J connectivity index is 2.12. The highest BCUT2D eigenvalue weighted by molar-refractivity contribution is 7.92. The van der Waals surface area contributed by atoms with Gasteiger partial charge in [0.2, 0.25) is 15.9 Å².